The van der Waals surface area contributed by atoms with E-state index in [-0.39, 0.29) is 0 Å². The van der Waals surface area contributed by atoms with Gasteiger partial charge in [-0.2, -0.15) is 0 Å². The summed E-state index contributed by atoms with van der Waals surface area (Å²) < 4.78 is 16.5. The summed E-state index contributed by atoms with van der Waals surface area (Å²) in [6.45, 7) is 3.74. The lowest BCUT2D eigenvalue weighted by Crippen LogP contribution is -1.95. The van der Waals surface area contributed by atoms with Crippen LogP contribution in [0.1, 0.15) is 11.1 Å². The predicted octanol–water partition coefficient (Wildman–Crippen LogP) is 4.45. The second kappa shape index (κ2) is 7.93. The summed E-state index contributed by atoms with van der Waals surface area (Å²) in [5.74, 6) is 1.97. The first-order valence-corrected chi connectivity index (χ1v) is 7.02. The van der Waals surface area contributed by atoms with Gasteiger partial charge in [-0.25, -0.2) is 0 Å². The fraction of sp³-hybridized carbons (Fsp3) is 0.158. The minimum Gasteiger partial charge on any atom is -0.493 e. The molecule has 0 N–H and O–H groups in total. The van der Waals surface area contributed by atoms with Crippen molar-refractivity contribution in [2.75, 3.05) is 14.2 Å². The molecule has 0 spiro atoms. The van der Waals surface area contributed by atoms with E-state index in [1.165, 1.54) is 0 Å². The Morgan fingerprint density at radius 2 is 1.82 bits per heavy atom. The summed E-state index contributed by atoms with van der Waals surface area (Å²) in [7, 11) is 3.24. The second-order valence-corrected chi connectivity index (χ2v) is 4.65. The molecule has 114 valence electrons. The molecule has 0 fully saturated rings. The molecule has 0 radical (unpaired) electrons. The van der Waals surface area contributed by atoms with Gasteiger partial charge in [0.1, 0.15) is 6.26 Å². The lowest BCUT2D eigenvalue weighted by atomic mass is 10.1. The van der Waals surface area contributed by atoms with Crippen LogP contribution in [0.5, 0.6) is 11.5 Å². The van der Waals surface area contributed by atoms with Gasteiger partial charge in [-0.05, 0) is 24.1 Å². The third-order valence-electron chi connectivity index (χ3n) is 3.18. The van der Waals surface area contributed by atoms with Crippen molar-refractivity contribution in [1.82, 2.24) is 0 Å². The Bertz CT molecular complexity index is 645. The molecule has 0 atom stereocenters. The Kier molecular flexibility index (Phi) is 5.66. The quantitative estimate of drug-likeness (QED) is 0.558. The van der Waals surface area contributed by atoms with Crippen LogP contribution in [0.2, 0.25) is 0 Å². The Labute approximate surface area is 131 Å². The minimum atomic E-state index is 0.640. The van der Waals surface area contributed by atoms with Crippen molar-refractivity contribution in [2.24, 2.45) is 0 Å². The van der Waals surface area contributed by atoms with Crippen molar-refractivity contribution in [3.8, 4) is 11.5 Å². The van der Waals surface area contributed by atoms with Gasteiger partial charge in [-0.15, -0.1) is 6.58 Å². The van der Waals surface area contributed by atoms with Gasteiger partial charge >= 0.3 is 0 Å². The van der Waals surface area contributed by atoms with Crippen LogP contribution in [0.25, 0.3) is 5.76 Å². The van der Waals surface area contributed by atoms with Crippen LogP contribution in [0.4, 0.5) is 0 Å². The van der Waals surface area contributed by atoms with E-state index in [0.717, 1.165) is 17.5 Å². The molecule has 2 aromatic carbocycles. The van der Waals surface area contributed by atoms with Crippen molar-refractivity contribution >= 4 is 5.76 Å². The topological polar surface area (TPSA) is 27.7 Å². The van der Waals surface area contributed by atoms with Gasteiger partial charge < -0.3 is 14.2 Å². The molecular weight excluding hydrogens is 276 g/mol. The number of allylic oxidation sites excluding steroid dienone is 1. The summed E-state index contributed by atoms with van der Waals surface area (Å²) in [4.78, 5) is 0. The lowest BCUT2D eigenvalue weighted by Gasteiger charge is -2.11. The highest BCUT2D eigenvalue weighted by Gasteiger charge is 2.06. The van der Waals surface area contributed by atoms with Crippen LogP contribution in [-0.4, -0.2) is 14.2 Å². The maximum atomic E-state index is 5.73. The van der Waals surface area contributed by atoms with Crippen LogP contribution < -0.4 is 9.47 Å². The molecule has 3 heteroatoms. The third kappa shape index (κ3) is 3.92. The molecule has 0 aliphatic rings. The Morgan fingerprint density at radius 3 is 2.45 bits per heavy atom. The average Bonchev–Trinajstić information content (AvgIpc) is 2.57. The predicted molar refractivity (Wildman–Crippen MR) is 89.0 cm³/mol. The zero-order valence-electron chi connectivity index (χ0n) is 12.9. The number of hydrogen-bond acceptors (Lipinski definition) is 3. The normalized spacial score (nSPS) is 10.9. The Hall–Kier alpha value is -2.68. The lowest BCUT2D eigenvalue weighted by molar-refractivity contribution is 0.342. The molecule has 0 bridgehead atoms. The van der Waals surface area contributed by atoms with Crippen molar-refractivity contribution in [1.29, 1.82) is 0 Å². The standard InChI is InChI=1S/C19H20O3/c1-4-8-15-11-12-17(18(13-15)20-2)22-14-19(21-3)16-9-6-5-7-10-16/h4-7,9-14H,1,8H2,2-3H3/b19-14-. The molecule has 0 aliphatic heterocycles. The van der Waals surface area contributed by atoms with Gasteiger partial charge in [-0.1, -0.05) is 42.5 Å². The highest BCUT2D eigenvalue weighted by molar-refractivity contribution is 5.59. The van der Waals surface area contributed by atoms with Crippen LogP contribution in [-0.2, 0) is 11.2 Å². The maximum absolute atomic E-state index is 5.73. The average molecular weight is 296 g/mol. The van der Waals surface area contributed by atoms with Gasteiger partial charge in [0.05, 0.1) is 14.2 Å². The van der Waals surface area contributed by atoms with E-state index in [0.29, 0.717) is 17.3 Å². The number of hydrogen-bond donors (Lipinski definition) is 0. The summed E-state index contributed by atoms with van der Waals surface area (Å²) in [6, 6.07) is 15.6. The summed E-state index contributed by atoms with van der Waals surface area (Å²) in [5, 5.41) is 0. The summed E-state index contributed by atoms with van der Waals surface area (Å²) in [6.07, 6.45) is 4.23. The van der Waals surface area contributed by atoms with Crippen LogP contribution in [0.3, 0.4) is 0 Å². The van der Waals surface area contributed by atoms with Gasteiger partial charge in [0.2, 0.25) is 0 Å². The third-order valence-corrected chi connectivity index (χ3v) is 3.18. The van der Waals surface area contributed by atoms with E-state index in [9.17, 15) is 0 Å². The highest BCUT2D eigenvalue weighted by atomic mass is 16.5. The Morgan fingerprint density at radius 1 is 1.05 bits per heavy atom. The highest BCUT2D eigenvalue weighted by Crippen LogP contribution is 2.29. The largest absolute Gasteiger partial charge is 0.493 e. The zero-order chi connectivity index (χ0) is 15.8. The van der Waals surface area contributed by atoms with Crippen LogP contribution in [0, 0.1) is 0 Å². The second-order valence-electron chi connectivity index (χ2n) is 4.65. The van der Waals surface area contributed by atoms with Gasteiger partial charge in [0.25, 0.3) is 0 Å². The monoisotopic (exact) mass is 296 g/mol. The summed E-state index contributed by atoms with van der Waals surface area (Å²) in [5.41, 5.74) is 2.07. The van der Waals surface area contributed by atoms with Crippen LogP contribution >= 0.6 is 0 Å². The van der Waals surface area contributed by atoms with E-state index in [1.54, 1.807) is 20.5 Å². The number of methoxy groups -OCH3 is 2. The smallest absolute Gasteiger partial charge is 0.168 e. The fourth-order valence-corrected chi connectivity index (χ4v) is 2.06. The van der Waals surface area contributed by atoms with Gasteiger partial charge in [0.15, 0.2) is 17.3 Å². The molecule has 0 amide bonds. The van der Waals surface area contributed by atoms with Crippen LogP contribution in [0.15, 0.2) is 67.4 Å². The Balaban J connectivity index is 2.22. The number of benzene rings is 2. The van der Waals surface area contributed by atoms with E-state index < -0.39 is 0 Å². The molecule has 22 heavy (non-hydrogen) atoms. The molecule has 2 aromatic rings. The SMILES string of the molecule is C=CCc1ccc(O/C=C(\OC)c2ccccc2)c(OC)c1. The first-order chi connectivity index (χ1) is 10.8. The van der Waals surface area contributed by atoms with Crippen molar-refractivity contribution in [3.05, 3.63) is 78.6 Å². The van der Waals surface area contributed by atoms with Gasteiger partial charge in [0, 0.05) is 5.56 Å². The number of rotatable bonds is 7. The first kappa shape index (κ1) is 15.7. The molecule has 0 unspecified atom stereocenters. The molecule has 0 heterocycles. The van der Waals surface area contributed by atoms with Crippen molar-refractivity contribution < 1.29 is 14.2 Å². The molecule has 2 rings (SSSR count). The van der Waals surface area contributed by atoms with E-state index in [4.69, 9.17) is 14.2 Å². The van der Waals surface area contributed by atoms with E-state index >= 15 is 0 Å². The molecular formula is C19H20O3. The van der Waals surface area contributed by atoms with Crippen molar-refractivity contribution in [2.45, 2.75) is 6.42 Å². The van der Waals surface area contributed by atoms with E-state index in [1.807, 2.05) is 54.6 Å². The molecule has 3 nitrogen and oxygen atoms in total. The van der Waals surface area contributed by atoms with Gasteiger partial charge in [-0.3, -0.25) is 0 Å². The van der Waals surface area contributed by atoms with Crippen molar-refractivity contribution in [3.63, 3.8) is 0 Å². The number of ether oxygens (including phenoxy) is 3. The zero-order valence-corrected chi connectivity index (χ0v) is 12.9. The molecule has 0 aliphatic carbocycles. The summed E-state index contributed by atoms with van der Waals surface area (Å²) >= 11 is 0. The minimum absolute atomic E-state index is 0.640. The maximum Gasteiger partial charge on any atom is 0.168 e. The first-order valence-electron chi connectivity index (χ1n) is 7.02. The van der Waals surface area contributed by atoms with E-state index in [2.05, 4.69) is 6.58 Å². The molecule has 0 saturated carbocycles. The molecule has 0 aromatic heterocycles. The fourth-order valence-electron chi connectivity index (χ4n) is 2.06. The molecule has 0 saturated heterocycles.